The molecule has 0 aliphatic rings. The second-order valence-corrected chi connectivity index (χ2v) is 5.77. The van der Waals surface area contributed by atoms with Crippen molar-refractivity contribution in [1.29, 1.82) is 0 Å². The third-order valence-corrected chi connectivity index (χ3v) is 4.08. The second kappa shape index (κ2) is 7.14. The van der Waals surface area contributed by atoms with Crippen LogP contribution in [0.15, 0.2) is 54.6 Å². The fourth-order valence-electron chi connectivity index (χ4n) is 2.88. The highest BCUT2D eigenvalue weighted by Gasteiger charge is 2.09. The summed E-state index contributed by atoms with van der Waals surface area (Å²) < 4.78 is 5.32. The molecule has 1 aromatic heterocycles. The van der Waals surface area contributed by atoms with Gasteiger partial charge in [0, 0.05) is 23.0 Å². The van der Waals surface area contributed by atoms with Crippen LogP contribution in [-0.2, 0) is 22.6 Å². The summed E-state index contributed by atoms with van der Waals surface area (Å²) in [5.41, 5.74) is 4.67. The minimum absolute atomic E-state index is 0.133. The lowest BCUT2D eigenvalue weighted by Crippen LogP contribution is -2.05. The molecular weight excluding hydrogens is 286 g/mol. The number of rotatable bonds is 6. The van der Waals surface area contributed by atoms with E-state index in [0.717, 1.165) is 23.9 Å². The molecule has 3 rings (SSSR count). The van der Waals surface area contributed by atoms with Gasteiger partial charge in [-0.15, -0.1) is 0 Å². The fraction of sp³-hybridized carbons (Fsp3) is 0.250. The molecule has 1 N–H and O–H groups in total. The van der Waals surface area contributed by atoms with E-state index >= 15 is 0 Å². The lowest BCUT2D eigenvalue weighted by atomic mass is 10.0. The van der Waals surface area contributed by atoms with Gasteiger partial charge in [-0.05, 0) is 37.0 Å². The van der Waals surface area contributed by atoms with Gasteiger partial charge in [-0.25, -0.2) is 0 Å². The third-order valence-electron chi connectivity index (χ3n) is 4.08. The van der Waals surface area contributed by atoms with Crippen molar-refractivity contribution >= 4 is 16.9 Å². The van der Waals surface area contributed by atoms with Gasteiger partial charge in [0.05, 0.1) is 0 Å². The second-order valence-electron chi connectivity index (χ2n) is 5.77. The van der Waals surface area contributed by atoms with Crippen LogP contribution in [-0.4, -0.2) is 11.0 Å². The molecule has 118 valence electrons. The summed E-state index contributed by atoms with van der Waals surface area (Å²) in [5.74, 6) is -0.133. The Morgan fingerprint density at radius 3 is 2.61 bits per heavy atom. The summed E-state index contributed by atoms with van der Waals surface area (Å²) in [4.78, 5) is 15.3. The van der Waals surface area contributed by atoms with Gasteiger partial charge in [0.1, 0.15) is 6.61 Å². The molecule has 0 bridgehead atoms. The van der Waals surface area contributed by atoms with Crippen LogP contribution in [0.1, 0.15) is 29.7 Å². The first kappa shape index (κ1) is 15.3. The molecule has 0 saturated heterocycles. The van der Waals surface area contributed by atoms with E-state index in [2.05, 4.69) is 24.0 Å². The van der Waals surface area contributed by atoms with Crippen LogP contribution in [0.5, 0.6) is 0 Å². The zero-order valence-corrected chi connectivity index (χ0v) is 13.3. The van der Waals surface area contributed by atoms with E-state index in [4.69, 9.17) is 4.74 Å². The summed E-state index contributed by atoms with van der Waals surface area (Å²) in [6, 6.07) is 18.1. The van der Waals surface area contributed by atoms with Gasteiger partial charge in [-0.1, -0.05) is 48.5 Å². The zero-order valence-electron chi connectivity index (χ0n) is 13.3. The first-order valence-corrected chi connectivity index (χ1v) is 8.00. The number of para-hydroxylation sites is 1. The van der Waals surface area contributed by atoms with Crippen molar-refractivity contribution in [3.8, 4) is 0 Å². The molecule has 1 heterocycles. The van der Waals surface area contributed by atoms with Gasteiger partial charge < -0.3 is 9.72 Å². The molecule has 0 aliphatic carbocycles. The van der Waals surface area contributed by atoms with Crippen LogP contribution in [0.25, 0.3) is 10.9 Å². The topological polar surface area (TPSA) is 42.1 Å². The predicted octanol–water partition coefficient (Wildman–Crippen LogP) is 4.54. The number of aromatic nitrogens is 1. The van der Waals surface area contributed by atoms with E-state index < -0.39 is 0 Å². The lowest BCUT2D eigenvalue weighted by molar-refractivity contribution is -0.145. The van der Waals surface area contributed by atoms with Gasteiger partial charge in [0.2, 0.25) is 0 Å². The smallest absolute Gasteiger partial charge is 0.306 e. The molecule has 0 spiro atoms. The van der Waals surface area contributed by atoms with Gasteiger partial charge >= 0.3 is 5.97 Å². The average molecular weight is 307 g/mol. The Balaban J connectivity index is 1.50. The number of benzene rings is 2. The molecule has 0 atom stereocenters. The number of carbonyl (C=O) groups is 1. The van der Waals surface area contributed by atoms with Crippen molar-refractivity contribution in [1.82, 2.24) is 4.98 Å². The Hall–Kier alpha value is -2.55. The Kier molecular flexibility index (Phi) is 4.77. The van der Waals surface area contributed by atoms with E-state index in [1.807, 2.05) is 42.5 Å². The van der Waals surface area contributed by atoms with Crippen molar-refractivity contribution in [2.45, 2.75) is 32.8 Å². The lowest BCUT2D eigenvalue weighted by Gasteiger charge is -2.05. The number of nitrogens with one attached hydrogen (secondary N) is 1. The SMILES string of the molecule is Cc1[nH]c2ccccc2c1CCCC(=O)OCc1ccccc1. The van der Waals surface area contributed by atoms with Crippen molar-refractivity contribution in [3.63, 3.8) is 0 Å². The van der Waals surface area contributed by atoms with Crippen LogP contribution < -0.4 is 0 Å². The number of hydrogen-bond acceptors (Lipinski definition) is 2. The van der Waals surface area contributed by atoms with Crippen LogP contribution in [0.4, 0.5) is 0 Å². The molecule has 2 aromatic carbocycles. The predicted molar refractivity (Wildman–Crippen MR) is 92.2 cm³/mol. The summed E-state index contributed by atoms with van der Waals surface area (Å²) in [5, 5.41) is 1.25. The number of esters is 1. The van der Waals surface area contributed by atoms with Crippen LogP contribution >= 0.6 is 0 Å². The molecule has 3 aromatic rings. The van der Waals surface area contributed by atoms with Crippen molar-refractivity contribution in [2.75, 3.05) is 0 Å². The van der Waals surface area contributed by atoms with Crippen molar-refractivity contribution in [2.24, 2.45) is 0 Å². The highest BCUT2D eigenvalue weighted by Crippen LogP contribution is 2.23. The molecule has 3 heteroatoms. The number of fused-ring (bicyclic) bond motifs is 1. The van der Waals surface area contributed by atoms with E-state index in [1.54, 1.807) is 0 Å². The van der Waals surface area contributed by atoms with E-state index in [0.29, 0.717) is 13.0 Å². The van der Waals surface area contributed by atoms with E-state index in [-0.39, 0.29) is 5.97 Å². The Bertz CT molecular complexity index is 790. The van der Waals surface area contributed by atoms with Crippen molar-refractivity contribution in [3.05, 3.63) is 71.4 Å². The molecule has 0 unspecified atom stereocenters. The van der Waals surface area contributed by atoms with E-state index in [1.165, 1.54) is 16.6 Å². The normalized spacial score (nSPS) is 10.8. The summed E-state index contributed by atoms with van der Waals surface area (Å²) in [6.45, 7) is 2.44. The highest BCUT2D eigenvalue weighted by molar-refractivity contribution is 5.84. The fourth-order valence-corrected chi connectivity index (χ4v) is 2.88. The number of hydrogen-bond donors (Lipinski definition) is 1. The molecule has 3 nitrogen and oxygen atoms in total. The van der Waals surface area contributed by atoms with Crippen molar-refractivity contribution < 1.29 is 9.53 Å². The summed E-state index contributed by atoms with van der Waals surface area (Å²) in [7, 11) is 0. The first-order valence-electron chi connectivity index (χ1n) is 8.00. The first-order chi connectivity index (χ1) is 11.2. The Morgan fingerprint density at radius 2 is 1.78 bits per heavy atom. The maximum Gasteiger partial charge on any atom is 0.306 e. The van der Waals surface area contributed by atoms with E-state index in [9.17, 15) is 4.79 Å². The van der Waals surface area contributed by atoms with Gasteiger partial charge in [-0.3, -0.25) is 4.79 Å². The molecule has 0 radical (unpaired) electrons. The Morgan fingerprint density at radius 1 is 1.04 bits per heavy atom. The molecule has 23 heavy (non-hydrogen) atoms. The molecule has 0 amide bonds. The van der Waals surface area contributed by atoms with Gasteiger partial charge in [-0.2, -0.15) is 0 Å². The average Bonchev–Trinajstić information content (AvgIpc) is 2.90. The Labute approximate surface area is 136 Å². The zero-order chi connectivity index (χ0) is 16.1. The number of aromatic amines is 1. The maximum atomic E-state index is 11.9. The molecule has 0 fully saturated rings. The third kappa shape index (κ3) is 3.81. The molecule has 0 aliphatic heterocycles. The molecule has 0 saturated carbocycles. The number of ether oxygens (including phenoxy) is 1. The van der Waals surface area contributed by atoms with Crippen LogP contribution in [0.2, 0.25) is 0 Å². The number of aryl methyl sites for hydroxylation is 2. The summed E-state index contributed by atoms with van der Waals surface area (Å²) >= 11 is 0. The number of carbonyl (C=O) groups excluding carboxylic acids is 1. The van der Waals surface area contributed by atoms with Crippen LogP contribution in [0.3, 0.4) is 0 Å². The monoisotopic (exact) mass is 307 g/mol. The van der Waals surface area contributed by atoms with Crippen LogP contribution in [0, 0.1) is 6.92 Å². The largest absolute Gasteiger partial charge is 0.461 e. The maximum absolute atomic E-state index is 11.9. The quantitative estimate of drug-likeness (QED) is 0.679. The standard InChI is InChI=1S/C20H21NO2/c1-15-17(18-10-5-6-12-19(18)21-15)11-7-13-20(22)23-14-16-8-3-2-4-9-16/h2-6,8-10,12,21H,7,11,13-14H2,1H3. The minimum Gasteiger partial charge on any atom is -0.461 e. The highest BCUT2D eigenvalue weighted by atomic mass is 16.5. The minimum atomic E-state index is -0.133. The summed E-state index contributed by atoms with van der Waals surface area (Å²) in [6.07, 6.45) is 2.14. The number of H-pyrrole nitrogens is 1. The molecular formula is C20H21NO2. The van der Waals surface area contributed by atoms with Gasteiger partial charge in [0.15, 0.2) is 0 Å². The van der Waals surface area contributed by atoms with Gasteiger partial charge in [0.25, 0.3) is 0 Å².